The Morgan fingerprint density at radius 2 is 1.86 bits per heavy atom. The van der Waals surface area contributed by atoms with Crippen LogP contribution in [0.4, 0.5) is 10.5 Å². The maximum atomic E-state index is 12.1. The van der Waals surface area contributed by atoms with Crippen molar-refractivity contribution in [2.75, 3.05) is 31.1 Å². The van der Waals surface area contributed by atoms with Crippen LogP contribution in [0.2, 0.25) is 0 Å². The minimum atomic E-state index is -0.429. The van der Waals surface area contributed by atoms with Gasteiger partial charge >= 0.3 is 6.09 Å². The molecule has 0 saturated carbocycles. The first kappa shape index (κ1) is 14.9. The maximum Gasteiger partial charge on any atom is 0.410 e. The van der Waals surface area contributed by atoms with Crippen molar-refractivity contribution in [1.29, 1.82) is 0 Å². The Kier molecular flexibility index (Phi) is 3.85. The summed E-state index contributed by atoms with van der Waals surface area (Å²) >= 11 is 0. The number of fused-ring (bicyclic) bond motifs is 1. The highest BCUT2D eigenvalue weighted by Crippen LogP contribution is 2.26. The highest BCUT2D eigenvalue weighted by molar-refractivity contribution is 5.69. The first-order chi connectivity index (χ1) is 10.4. The lowest BCUT2D eigenvalue weighted by molar-refractivity contribution is 0.0240. The first-order valence-electron chi connectivity index (χ1n) is 7.95. The van der Waals surface area contributed by atoms with E-state index in [1.807, 2.05) is 20.8 Å². The van der Waals surface area contributed by atoms with Crippen LogP contribution in [0.5, 0.6) is 0 Å². The molecule has 4 nitrogen and oxygen atoms in total. The lowest BCUT2D eigenvalue weighted by Gasteiger charge is -2.37. The van der Waals surface area contributed by atoms with Gasteiger partial charge in [-0.2, -0.15) is 0 Å². The Morgan fingerprint density at radius 1 is 1.14 bits per heavy atom. The molecule has 0 bridgehead atoms. The van der Waals surface area contributed by atoms with Gasteiger partial charge in [0.1, 0.15) is 5.60 Å². The summed E-state index contributed by atoms with van der Waals surface area (Å²) in [6, 6.07) is 6.64. The summed E-state index contributed by atoms with van der Waals surface area (Å²) in [7, 11) is 0. The fourth-order valence-corrected chi connectivity index (χ4v) is 2.91. The summed E-state index contributed by atoms with van der Waals surface area (Å²) in [5.41, 5.74) is 3.55. The lowest BCUT2D eigenvalue weighted by Crippen LogP contribution is -2.50. The molecule has 0 aromatic heterocycles. The Labute approximate surface area is 132 Å². The molecule has 118 valence electrons. The lowest BCUT2D eigenvalue weighted by atomic mass is 10.1. The van der Waals surface area contributed by atoms with Crippen LogP contribution in [0.25, 0.3) is 6.08 Å². The van der Waals surface area contributed by atoms with Crippen molar-refractivity contribution in [3.8, 4) is 0 Å². The molecule has 0 spiro atoms. The van der Waals surface area contributed by atoms with Crippen LogP contribution in [0, 0.1) is 0 Å². The normalized spacial score (nSPS) is 17.6. The van der Waals surface area contributed by atoms with Gasteiger partial charge in [0.05, 0.1) is 0 Å². The fourth-order valence-electron chi connectivity index (χ4n) is 2.91. The highest BCUT2D eigenvalue weighted by Gasteiger charge is 2.26. The molecular weight excluding hydrogens is 276 g/mol. The van der Waals surface area contributed by atoms with Crippen molar-refractivity contribution in [2.24, 2.45) is 0 Å². The Bertz CT molecular complexity index is 594. The van der Waals surface area contributed by atoms with E-state index < -0.39 is 5.60 Å². The molecule has 1 amide bonds. The molecule has 3 rings (SSSR count). The van der Waals surface area contributed by atoms with Crippen LogP contribution in [-0.2, 0) is 11.2 Å². The molecule has 4 heteroatoms. The number of hydrogen-bond acceptors (Lipinski definition) is 3. The average Bonchev–Trinajstić information content (AvgIpc) is 2.93. The van der Waals surface area contributed by atoms with Gasteiger partial charge in [-0.3, -0.25) is 0 Å². The van der Waals surface area contributed by atoms with Gasteiger partial charge in [0, 0.05) is 31.9 Å². The summed E-state index contributed by atoms with van der Waals surface area (Å²) in [6.07, 6.45) is 5.21. The number of piperazine rings is 1. The van der Waals surface area contributed by atoms with Crippen LogP contribution in [0.15, 0.2) is 24.3 Å². The van der Waals surface area contributed by atoms with Gasteiger partial charge in [-0.25, -0.2) is 4.79 Å². The van der Waals surface area contributed by atoms with Gasteiger partial charge < -0.3 is 14.5 Å². The van der Waals surface area contributed by atoms with Gasteiger partial charge in [-0.05, 0) is 50.5 Å². The standard InChI is InChI=1S/C18H24N2O2/c1-18(2,3)22-17(21)20-11-9-19(10-12-20)16-8-7-14-5-4-6-15(14)13-16/h4-5,7-8,13H,6,9-12H2,1-3H3. The van der Waals surface area contributed by atoms with Crippen molar-refractivity contribution in [3.63, 3.8) is 0 Å². The summed E-state index contributed by atoms with van der Waals surface area (Å²) < 4.78 is 5.44. The van der Waals surface area contributed by atoms with E-state index in [0.717, 1.165) is 19.5 Å². The van der Waals surface area contributed by atoms with Gasteiger partial charge in [0.15, 0.2) is 0 Å². The average molecular weight is 300 g/mol. The number of nitrogens with zero attached hydrogens (tertiary/aromatic N) is 2. The number of hydrogen-bond donors (Lipinski definition) is 0. The van der Waals surface area contributed by atoms with E-state index in [2.05, 4.69) is 35.3 Å². The molecule has 1 saturated heterocycles. The van der Waals surface area contributed by atoms with Crippen molar-refractivity contribution < 1.29 is 9.53 Å². The van der Waals surface area contributed by atoms with Crippen molar-refractivity contribution in [2.45, 2.75) is 32.8 Å². The van der Waals surface area contributed by atoms with Crippen LogP contribution in [0.1, 0.15) is 31.9 Å². The van der Waals surface area contributed by atoms with E-state index in [4.69, 9.17) is 4.74 Å². The van der Waals surface area contributed by atoms with Crippen molar-refractivity contribution in [3.05, 3.63) is 35.4 Å². The predicted molar refractivity (Wildman–Crippen MR) is 89.2 cm³/mol. The van der Waals surface area contributed by atoms with Gasteiger partial charge in [0.25, 0.3) is 0 Å². The number of carbonyl (C=O) groups excluding carboxylic acids is 1. The number of anilines is 1. The topological polar surface area (TPSA) is 32.8 Å². The number of benzene rings is 1. The van der Waals surface area contributed by atoms with Crippen LogP contribution in [-0.4, -0.2) is 42.8 Å². The summed E-state index contributed by atoms with van der Waals surface area (Å²) in [6.45, 7) is 8.84. The maximum absolute atomic E-state index is 12.1. The molecule has 1 heterocycles. The third-order valence-corrected chi connectivity index (χ3v) is 4.06. The molecule has 0 radical (unpaired) electrons. The second kappa shape index (κ2) is 5.67. The van der Waals surface area contributed by atoms with Crippen molar-refractivity contribution in [1.82, 2.24) is 4.90 Å². The third kappa shape index (κ3) is 3.26. The molecule has 0 atom stereocenters. The minimum absolute atomic E-state index is 0.203. The Balaban J connectivity index is 1.59. The smallest absolute Gasteiger partial charge is 0.410 e. The molecular formula is C18H24N2O2. The SMILES string of the molecule is CC(C)(C)OC(=O)N1CCN(c2ccc3c(c2)CC=C3)CC1. The van der Waals surface area contributed by atoms with E-state index in [1.165, 1.54) is 16.8 Å². The number of ether oxygens (including phenoxy) is 1. The fraction of sp³-hybridized carbons (Fsp3) is 0.500. The highest BCUT2D eigenvalue weighted by atomic mass is 16.6. The zero-order chi connectivity index (χ0) is 15.7. The second-order valence-electron chi connectivity index (χ2n) is 6.94. The largest absolute Gasteiger partial charge is 0.444 e. The number of allylic oxidation sites excluding steroid dienone is 1. The molecule has 0 unspecified atom stereocenters. The van der Waals surface area contributed by atoms with E-state index in [-0.39, 0.29) is 6.09 Å². The molecule has 1 aromatic carbocycles. The number of amides is 1. The van der Waals surface area contributed by atoms with Gasteiger partial charge in [-0.1, -0.05) is 18.2 Å². The Hall–Kier alpha value is -1.97. The molecule has 22 heavy (non-hydrogen) atoms. The van der Waals surface area contributed by atoms with E-state index >= 15 is 0 Å². The summed E-state index contributed by atoms with van der Waals surface area (Å²) in [4.78, 5) is 16.2. The van der Waals surface area contributed by atoms with E-state index in [1.54, 1.807) is 4.90 Å². The quantitative estimate of drug-likeness (QED) is 0.797. The minimum Gasteiger partial charge on any atom is -0.444 e. The zero-order valence-electron chi connectivity index (χ0n) is 13.6. The molecule has 2 aliphatic rings. The monoisotopic (exact) mass is 300 g/mol. The number of carbonyl (C=O) groups is 1. The molecule has 1 fully saturated rings. The van der Waals surface area contributed by atoms with Gasteiger partial charge in [-0.15, -0.1) is 0 Å². The summed E-state index contributed by atoms with van der Waals surface area (Å²) in [5, 5.41) is 0. The Morgan fingerprint density at radius 3 is 2.55 bits per heavy atom. The predicted octanol–water partition coefficient (Wildman–Crippen LogP) is 3.31. The summed E-state index contributed by atoms with van der Waals surface area (Å²) in [5.74, 6) is 0. The van der Waals surface area contributed by atoms with Crippen LogP contribution < -0.4 is 4.90 Å². The second-order valence-corrected chi connectivity index (χ2v) is 6.94. The van der Waals surface area contributed by atoms with E-state index in [9.17, 15) is 4.79 Å². The van der Waals surface area contributed by atoms with Crippen molar-refractivity contribution >= 4 is 17.9 Å². The number of rotatable bonds is 1. The molecule has 1 aliphatic carbocycles. The molecule has 1 aromatic rings. The van der Waals surface area contributed by atoms with E-state index in [0.29, 0.717) is 13.1 Å². The first-order valence-corrected chi connectivity index (χ1v) is 7.95. The third-order valence-electron chi connectivity index (χ3n) is 4.06. The molecule has 0 N–H and O–H groups in total. The zero-order valence-corrected chi connectivity index (χ0v) is 13.6. The van der Waals surface area contributed by atoms with Crippen LogP contribution in [0.3, 0.4) is 0 Å². The molecule has 1 aliphatic heterocycles. The van der Waals surface area contributed by atoms with Gasteiger partial charge in [0.2, 0.25) is 0 Å². The van der Waals surface area contributed by atoms with Crippen LogP contribution >= 0.6 is 0 Å².